The van der Waals surface area contributed by atoms with Gasteiger partial charge < -0.3 is 15.4 Å². The van der Waals surface area contributed by atoms with Crippen molar-refractivity contribution in [2.75, 3.05) is 24.3 Å². The van der Waals surface area contributed by atoms with Crippen LogP contribution in [0.25, 0.3) is 0 Å². The molecule has 0 aliphatic heterocycles. The number of hydrogen-bond donors (Lipinski definition) is 2. The Balaban J connectivity index is 2.39. The lowest BCUT2D eigenvalue weighted by Gasteiger charge is -2.13. The summed E-state index contributed by atoms with van der Waals surface area (Å²) in [5.74, 6) is -1.24. The van der Waals surface area contributed by atoms with E-state index < -0.39 is 11.6 Å². The summed E-state index contributed by atoms with van der Waals surface area (Å²) in [6.07, 6.45) is 0. The van der Waals surface area contributed by atoms with Crippen LogP contribution in [0.2, 0.25) is 5.02 Å². The molecule has 1 aromatic heterocycles. The van der Waals surface area contributed by atoms with Crippen LogP contribution in [0.3, 0.4) is 0 Å². The molecule has 0 saturated carbocycles. The van der Waals surface area contributed by atoms with E-state index in [1.54, 1.807) is 25.1 Å². The van der Waals surface area contributed by atoms with E-state index in [0.29, 0.717) is 23.0 Å². The molecule has 112 valence electrons. The van der Waals surface area contributed by atoms with Crippen molar-refractivity contribution in [2.24, 2.45) is 0 Å². The topological polar surface area (TPSA) is 46.2 Å². The summed E-state index contributed by atoms with van der Waals surface area (Å²) >= 11 is 5.90. The van der Waals surface area contributed by atoms with Gasteiger partial charge in [0.05, 0.1) is 12.8 Å². The number of benzene rings is 1. The third-order valence-electron chi connectivity index (χ3n) is 2.69. The van der Waals surface area contributed by atoms with Crippen molar-refractivity contribution in [3.05, 3.63) is 40.9 Å². The molecule has 2 rings (SSSR count). The first-order chi connectivity index (χ1) is 10.0. The highest BCUT2D eigenvalue weighted by Crippen LogP contribution is 2.31. The molecule has 1 aromatic carbocycles. The summed E-state index contributed by atoms with van der Waals surface area (Å²) in [4.78, 5) is 3.89. The minimum Gasteiger partial charge on any atom is -0.495 e. The monoisotopic (exact) mass is 313 g/mol. The lowest BCUT2D eigenvalue weighted by molar-refractivity contribution is 0.417. The van der Waals surface area contributed by atoms with E-state index in [9.17, 15) is 8.78 Å². The molecule has 4 nitrogen and oxygen atoms in total. The smallest absolute Gasteiger partial charge is 0.169 e. The van der Waals surface area contributed by atoms with Gasteiger partial charge in [-0.2, -0.15) is 0 Å². The number of pyridine rings is 1. The Morgan fingerprint density at radius 1 is 1.19 bits per heavy atom. The zero-order valence-electron chi connectivity index (χ0n) is 11.5. The van der Waals surface area contributed by atoms with Gasteiger partial charge in [-0.3, -0.25) is 0 Å². The predicted octanol–water partition coefficient (Wildman–Crippen LogP) is 4.20. The van der Waals surface area contributed by atoms with Crippen molar-refractivity contribution in [1.29, 1.82) is 0 Å². The van der Waals surface area contributed by atoms with Crippen molar-refractivity contribution in [1.82, 2.24) is 4.98 Å². The highest BCUT2D eigenvalue weighted by molar-refractivity contribution is 6.31. The molecule has 0 fully saturated rings. The number of aromatic nitrogens is 1. The maximum Gasteiger partial charge on any atom is 0.169 e. The van der Waals surface area contributed by atoms with Crippen molar-refractivity contribution in [3.63, 3.8) is 0 Å². The van der Waals surface area contributed by atoms with Crippen LogP contribution in [-0.4, -0.2) is 18.6 Å². The van der Waals surface area contributed by atoms with E-state index >= 15 is 0 Å². The SMILES string of the molecule is CCNc1nc(Nc2cc(Cl)ccc2OC)c(F)cc1F. The fourth-order valence-corrected chi connectivity index (χ4v) is 1.92. The molecular formula is C14H14ClF2N3O. The van der Waals surface area contributed by atoms with Crippen LogP contribution in [0.5, 0.6) is 5.75 Å². The molecule has 0 unspecified atom stereocenters. The van der Waals surface area contributed by atoms with E-state index in [1.807, 2.05) is 0 Å². The van der Waals surface area contributed by atoms with Gasteiger partial charge in [-0.1, -0.05) is 11.6 Å². The highest BCUT2D eigenvalue weighted by Gasteiger charge is 2.13. The fraction of sp³-hybridized carbons (Fsp3) is 0.214. The van der Waals surface area contributed by atoms with Gasteiger partial charge in [-0.15, -0.1) is 0 Å². The predicted molar refractivity (Wildman–Crippen MR) is 79.6 cm³/mol. The number of anilines is 3. The standard InChI is InChI=1S/C14H14ClF2N3O/c1-3-18-13-9(16)7-10(17)14(20-13)19-11-6-8(15)4-5-12(11)21-2/h4-7H,3H2,1-2H3,(H2,18,19,20). The second-order valence-electron chi connectivity index (χ2n) is 4.15. The van der Waals surface area contributed by atoms with Gasteiger partial charge in [-0.25, -0.2) is 13.8 Å². The summed E-state index contributed by atoms with van der Waals surface area (Å²) in [7, 11) is 1.48. The van der Waals surface area contributed by atoms with Gasteiger partial charge in [0, 0.05) is 17.6 Å². The first-order valence-electron chi connectivity index (χ1n) is 6.25. The Kier molecular flexibility index (Phi) is 4.80. The van der Waals surface area contributed by atoms with Crippen LogP contribution in [0, 0.1) is 11.6 Å². The van der Waals surface area contributed by atoms with Gasteiger partial charge in [-0.05, 0) is 25.1 Å². The zero-order valence-corrected chi connectivity index (χ0v) is 12.3. The second kappa shape index (κ2) is 6.58. The molecule has 2 N–H and O–H groups in total. The number of halogens is 3. The molecule has 0 spiro atoms. The molecule has 0 amide bonds. The maximum atomic E-state index is 13.8. The van der Waals surface area contributed by atoms with Crippen LogP contribution >= 0.6 is 11.6 Å². The van der Waals surface area contributed by atoms with Gasteiger partial charge in [0.25, 0.3) is 0 Å². The summed E-state index contributed by atoms with van der Waals surface area (Å²) in [5.41, 5.74) is 0.436. The van der Waals surface area contributed by atoms with Gasteiger partial charge in [0.2, 0.25) is 0 Å². The molecule has 1 heterocycles. The summed E-state index contributed by atoms with van der Waals surface area (Å²) in [6, 6.07) is 5.61. The molecule has 0 bridgehead atoms. The molecule has 2 aromatic rings. The number of nitrogens with one attached hydrogen (secondary N) is 2. The first-order valence-corrected chi connectivity index (χ1v) is 6.63. The number of ether oxygens (including phenoxy) is 1. The van der Waals surface area contributed by atoms with Crippen LogP contribution in [0.15, 0.2) is 24.3 Å². The normalized spacial score (nSPS) is 10.3. The molecule has 21 heavy (non-hydrogen) atoms. The summed E-state index contributed by atoms with van der Waals surface area (Å²) in [6.45, 7) is 2.26. The van der Waals surface area contributed by atoms with E-state index in [4.69, 9.17) is 16.3 Å². The largest absolute Gasteiger partial charge is 0.495 e. The van der Waals surface area contributed by atoms with Gasteiger partial charge >= 0.3 is 0 Å². The molecular weight excluding hydrogens is 300 g/mol. The second-order valence-corrected chi connectivity index (χ2v) is 4.59. The third-order valence-corrected chi connectivity index (χ3v) is 2.92. The zero-order chi connectivity index (χ0) is 15.4. The number of methoxy groups -OCH3 is 1. The van der Waals surface area contributed by atoms with E-state index in [-0.39, 0.29) is 11.6 Å². The minimum absolute atomic E-state index is 0.0256. The number of nitrogens with zero attached hydrogens (tertiary/aromatic N) is 1. The Bertz CT molecular complexity index is 652. The molecule has 7 heteroatoms. The Labute approximate surface area is 126 Å². The molecule has 0 atom stereocenters. The van der Waals surface area contributed by atoms with E-state index in [2.05, 4.69) is 15.6 Å². The Hall–Kier alpha value is -2.08. The Morgan fingerprint density at radius 2 is 1.90 bits per heavy atom. The lowest BCUT2D eigenvalue weighted by Crippen LogP contribution is -2.06. The van der Waals surface area contributed by atoms with E-state index in [0.717, 1.165) is 6.07 Å². The number of rotatable bonds is 5. The number of hydrogen-bond acceptors (Lipinski definition) is 4. The Morgan fingerprint density at radius 3 is 2.57 bits per heavy atom. The lowest BCUT2D eigenvalue weighted by atomic mass is 10.3. The van der Waals surface area contributed by atoms with Crippen LogP contribution < -0.4 is 15.4 Å². The highest BCUT2D eigenvalue weighted by atomic mass is 35.5. The van der Waals surface area contributed by atoms with Crippen molar-refractivity contribution >= 4 is 28.9 Å². The van der Waals surface area contributed by atoms with Gasteiger partial charge in [0.15, 0.2) is 23.3 Å². The average molecular weight is 314 g/mol. The molecule has 0 aliphatic carbocycles. The van der Waals surface area contributed by atoms with Crippen molar-refractivity contribution < 1.29 is 13.5 Å². The maximum absolute atomic E-state index is 13.8. The quantitative estimate of drug-likeness (QED) is 0.868. The molecule has 0 aliphatic rings. The summed E-state index contributed by atoms with van der Waals surface area (Å²) < 4.78 is 32.5. The summed E-state index contributed by atoms with van der Waals surface area (Å²) in [5, 5.41) is 5.93. The van der Waals surface area contributed by atoms with Crippen molar-refractivity contribution in [2.45, 2.75) is 6.92 Å². The van der Waals surface area contributed by atoms with Crippen molar-refractivity contribution in [3.8, 4) is 5.75 Å². The average Bonchev–Trinajstić information content (AvgIpc) is 2.44. The molecule has 0 saturated heterocycles. The minimum atomic E-state index is -0.809. The molecule has 0 radical (unpaired) electrons. The van der Waals surface area contributed by atoms with E-state index in [1.165, 1.54) is 7.11 Å². The van der Waals surface area contributed by atoms with Crippen LogP contribution in [0.1, 0.15) is 6.92 Å². The van der Waals surface area contributed by atoms with Crippen LogP contribution in [0.4, 0.5) is 26.1 Å². The fourth-order valence-electron chi connectivity index (χ4n) is 1.75. The van der Waals surface area contributed by atoms with Gasteiger partial charge in [0.1, 0.15) is 5.75 Å². The third kappa shape index (κ3) is 3.52. The van der Waals surface area contributed by atoms with Crippen LogP contribution in [-0.2, 0) is 0 Å². The first kappa shape index (κ1) is 15.3.